The van der Waals surface area contributed by atoms with E-state index in [0.717, 1.165) is 16.0 Å². The Labute approximate surface area is 423 Å². The molecule has 408 valence electrons. The van der Waals surface area contributed by atoms with Crippen LogP contribution in [-0.4, -0.2) is 209 Å². The van der Waals surface area contributed by atoms with Crippen LogP contribution in [-0.2, 0) is 81.5 Å². The third kappa shape index (κ3) is 21.6. The van der Waals surface area contributed by atoms with Crippen LogP contribution in [0, 0.1) is 0 Å². The molecule has 25 heteroatoms. The fourth-order valence-electron chi connectivity index (χ4n) is 7.49. The van der Waals surface area contributed by atoms with E-state index in [1.165, 1.54) is 12.2 Å². The number of aromatic nitrogens is 3. The fraction of sp³-hybridized carbons (Fsp3) is 0.667. The summed E-state index contributed by atoms with van der Waals surface area (Å²) in [6.45, 7) is 6.73. The molecule has 5 amide bonds. The molecule has 2 aromatic rings. The third-order valence-corrected chi connectivity index (χ3v) is 11.6. The standard InChI is InChI=1S/C48H73N7O18/c1-33(2)35-9-7-34(8-10-35)27-40(60)50-29-38(58)45(64)46-44(51-41(61)31-56)37(57)28-48(73-46,47(65)66)72-18-6-4-3-5-17-71-32-36-30-54(53-52-36)16-20-68-22-24-70-26-25-69-23-21-67-19-13-39(59)49-14-15-55-42(62)11-12-43(55)63/h7-12,30,33,37-38,44-46,56-58,64H,3-6,13-29,31-32H2,1-2H3,(H,49,59)(H,50,60)(H,51,61)(H,65,66)/t37-,38+,44+,45+,46+,48+/m0/s1. The van der Waals surface area contributed by atoms with Gasteiger partial charge in [-0.1, -0.05) is 56.2 Å². The lowest BCUT2D eigenvalue weighted by Gasteiger charge is -2.46. The zero-order valence-corrected chi connectivity index (χ0v) is 41.6. The minimum absolute atomic E-state index is 0.00666. The summed E-state index contributed by atoms with van der Waals surface area (Å²) in [4.78, 5) is 73.4. The minimum Gasteiger partial charge on any atom is -0.477 e. The molecule has 0 radical (unpaired) electrons. The van der Waals surface area contributed by atoms with Crippen molar-refractivity contribution in [3.8, 4) is 0 Å². The number of carboxylic acid groups (broad SMARTS) is 1. The maximum absolute atomic E-state index is 12.7. The number of nitrogens with zero attached hydrogens (tertiary/aromatic N) is 4. The van der Waals surface area contributed by atoms with Crippen LogP contribution in [0.4, 0.5) is 0 Å². The van der Waals surface area contributed by atoms with Crippen molar-refractivity contribution >= 4 is 35.5 Å². The first-order valence-electron chi connectivity index (χ1n) is 24.6. The zero-order chi connectivity index (χ0) is 53.0. The highest BCUT2D eigenvalue weighted by Gasteiger charge is 2.55. The zero-order valence-electron chi connectivity index (χ0n) is 41.6. The second-order valence-corrected chi connectivity index (χ2v) is 17.6. The maximum Gasteiger partial charge on any atom is 0.364 e. The lowest BCUT2D eigenvalue weighted by molar-refractivity contribution is -0.310. The third-order valence-electron chi connectivity index (χ3n) is 11.6. The number of unbranched alkanes of at least 4 members (excludes halogenated alkanes) is 3. The molecule has 73 heavy (non-hydrogen) atoms. The van der Waals surface area contributed by atoms with Crippen LogP contribution in [0.25, 0.3) is 0 Å². The second kappa shape index (κ2) is 32.8. The smallest absolute Gasteiger partial charge is 0.364 e. The van der Waals surface area contributed by atoms with E-state index in [9.17, 15) is 54.3 Å². The molecule has 2 aliphatic heterocycles. The normalized spacial score (nSPS) is 19.6. The number of aliphatic hydroxyl groups excluding tert-OH is 4. The Morgan fingerprint density at radius 1 is 0.795 bits per heavy atom. The summed E-state index contributed by atoms with van der Waals surface area (Å²) in [5.74, 6) is -6.17. The van der Waals surface area contributed by atoms with Crippen LogP contribution >= 0.6 is 0 Å². The van der Waals surface area contributed by atoms with Crippen molar-refractivity contribution in [2.45, 2.75) is 114 Å². The number of imide groups is 1. The van der Waals surface area contributed by atoms with E-state index < -0.39 is 85.4 Å². The van der Waals surface area contributed by atoms with Crippen molar-refractivity contribution in [1.29, 1.82) is 0 Å². The monoisotopic (exact) mass is 1040 g/mol. The summed E-state index contributed by atoms with van der Waals surface area (Å²) in [6.07, 6.45) is -0.967. The number of rotatable bonds is 38. The Morgan fingerprint density at radius 3 is 2.05 bits per heavy atom. The second-order valence-electron chi connectivity index (χ2n) is 17.6. The number of benzene rings is 1. The van der Waals surface area contributed by atoms with E-state index in [0.29, 0.717) is 96.7 Å². The number of carbonyl (C=O) groups excluding carboxylic acids is 5. The molecule has 1 aromatic heterocycles. The van der Waals surface area contributed by atoms with Gasteiger partial charge in [-0.3, -0.25) is 28.9 Å². The van der Waals surface area contributed by atoms with Gasteiger partial charge in [0.25, 0.3) is 17.6 Å². The predicted molar refractivity (Wildman–Crippen MR) is 255 cm³/mol. The molecule has 6 atom stereocenters. The first kappa shape index (κ1) is 60.2. The Balaban J connectivity index is 1.01. The average molecular weight is 1040 g/mol. The van der Waals surface area contributed by atoms with Crippen LogP contribution in [0.3, 0.4) is 0 Å². The van der Waals surface area contributed by atoms with Crippen LogP contribution in [0.15, 0.2) is 42.6 Å². The molecule has 1 fully saturated rings. The van der Waals surface area contributed by atoms with E-state index >= 15 is 0 Å². The first-order valence-corrected chi connectivity index (χ1v) is 24.6. The number of ether oxygens (including phenoxy) is 7. The van der Waals surface area contributed by atoms with Gasteiger partial charge in [-0.05, 0) is 29.9 Å². The van der Waals surface area contributed by atoms with E-state index in [2.05, 4.69) is 26.3 Å². The number of aliphatic hydroxyl groups is 4. The van der Waals surface area contributed by atoms with Gasteiger partial charge in [-0.2, -0.15) is 0 Å². The van der Waals surface area contributed by atoms with Crippen LogP contribution in [0.5, 0.6) is 0 Å². The van der Waals surface area contributed by atoms with Gasteiger partial charge in [0.15, 0.2) is 0 Å². The number of nitrogens with one attached hydrogen (secondary N) is 3. The number of carbonyl (C=O) groups is 6. The number of carboxylic acids is 1. The summed E-state index contributed by atoms with van der Waals surface area (Å²) in [7, 11) is 0. The predicted octanol–water partition coefficient (Wildman–Crippen LogP) is -1.52. The topological polar surface area (TPSA) is 338 Å². The first-order chi connectivity index (χ1) is 35.1. The van der Waals surface area contributed by atoms with Gasteiger partial charge in [-0.25, -0.2) is 9.48 Å². The molecule has 0 bridgehead atoms. The molecular weight excluding hydrogens is 963 g/mol. The van der Waals surface area contributed by atoms with Gasteiger partial charge >= 0.3 is 5.97 Å². The number of aliphatic carboxylic acids is 1. The Bertz CT molecular complexity index is 2020. The van der Waals surface area contributed by atoms with Crippen molar-refractivity contribution in [3.63, 3.8) is 0 Å². The Hall–Kier alpha value is -5.32. The maximum atomic E-state index is 12.7. The molecule has 1 saturated heterocycles. The Kier molecular flexibility index (Phi) is 27.0. The van der Waals surface area contributed by atoms with E-state index in [-0.39, 0.29) is 51.7 Å². The molecule has 0 saturated carbocycles. The largest absolute Gasteiger partial charge is 0.477 e. The van der Waals surface area contributed by atoms with Gasteiger partial charge in [0.2, 0.25) is 17.7 Å². The van der Waals surface area contributed by atoms with E-state index in [1.54, 1.807) is 10.9 Å². The highest BCUT2D eigenvalue weighted by molar-refractivity contribution is 6.12. The summed E-state index contributed by atoms with van der Waals surface area (Å²) >= 11 is 0. The molecule has 25 nitrogen and oxygen atoms in total. The van der Waals surface area contributed by atoms with Crippen molar-refractivity contribution in [2.24, 2.45) is 0 Å². The summed E-state index contributed by atoms with van der Waals surface area (Å²) in [6, 6.07) is 6.02. The lowest BCUT2D eigenvalue weighted by Crippen LogP contribution is -2.68. The molecule has 0 aliphatic carbocycles. The number of hydrogen-bond acceptors (Lipinski definition) is 19. The number of amides is 5. The van der Waals surface area contributed by atoms with Crippen molar-refractivity contribution in [1.82, 2.24) is 35.8 Å². The molecule has 0 spiro atoms. The molecule has 8 N–H and O–H groups in total. The summed E-state index contributed by atoms with van der Waals surface area (Å²) in [5, 5.41) is 68.4. The van der Waals surface area contributed by atoms with Crippen LogP contribution in [0.2, 0.25) is 0 Å². The summed E-state index contributed by atoms with van der Waals surface area (Å²) < 4.78 is 40.9. The van der Waals surface area contributed by atoms with Crippen molar-refractivity contribution < 1.29 is 87.5 Å². The SMILES string of the molecule is CC(C)c1ccc(CC(=O)NC[C@@H](O)[C@@H](O)[C@@H]2O[C@@](OCCCCCCOCc3cn(CCOCCOCCOCCOCCC(=O)NCCN4C(=O)C=CC4=O)nn3)(C(=O)O)C[C@H](O)[C@H]2NC(=O)CO)cc1. The highest BCUT2D eigenvalue weighted by atomic mass is 16.7. The fourth-order valence-corrected chi connectivity index (χ4v) is 7.49. The van der Waals surface area contributed by atoms with E-state index in [1.807, 2.05) is 38.1 Å². The average Bonchev–Trinajstić information content (AvgIpc) is 3.96. The van der Waals surface area contributed by atoms with Crippen molar-refractivity contribution in [3.05, 3.63) is 59.4 Å². The minimum atomic E-state index is -2.45. The van der Waals surface area contributed by atoms with Gasteiger partial charge in [0.05, 0.1) is 103 Å². The lowest BCUT2D eigenvalue weighted by atomic mass is 9.88. The van der Waals surface area contributed by atoms with Gasteiger partial charge in [-0.15, -0.1) is 5.10 Å². The molecule has 2 aliphatic rings. The van der Waals surface area contributed by atoms with Gasteiger partial charge < -0.3 is 74.6 Å². The Morgan fingerprint density at radius 2 is 1.42 bits per heavy atom. The summed E-state index contributed by atoms with van der Waals surface area (Å²) in [5.41, 5.74) is 2.47. The molecule has 0 unspecified atom stereocenters. The van der Waals surface area contributed by atoms with E-state index in [4.69, 9.17) is 33.2 Å². The number of hydrogen-bond donors (Lipinski definition) is 8. The van der Waals surface area contributed by atoms with Crippen LogP contribution < -0.4 is 16.0 Å². The highest BCUT2D eigenvalue weighted by Crippen LogP contribution is 2.34. The quantitative estimate of drug-likeness (QED) is 0.0280. The van der Waals surface area contributed by atoms with Crippen molar-refractivity contribution in [2.75, 3.05) is 92.3 Å². The van der Waals surface area contributed by atoms with Crippen LogP contribution in [0.1, 0.15) is 75.1 Å². The molecule has 1 aromatic carbocycles. The molecule has 4 rings (SSSR count). The van der Waals surface area contributed by atoms with Gasteiger partial charge in [0, 0.05) is 51.2 Å². The van der Waals surface area contributed by atoms with Gasteiger partial charge in [0.1, 0.15) is 24.5 Å². The molecular formula is C48H73N7O18. The molecule has 3 heterocycles.